The number of anilines is 1. The molecule has 5 nitrogen and oxygen atoms in total. The maximum Gasteiger partial charge on any atom is 0.236 e. The van der Waals surface area contributed by atoms with Gasteiger partial charge in [-0.3, -0.25) is 4.72 Å². The fraction of sp³-hybridized carbons (Fsp3) is 0.417. The molecule has 0 fully saturated rings. The van der Waals surface area contributed by atoms with Crippen molar-refractivity contribution in [2.24, 2.45) is 5.73 Å². The van der Waals surface area contributed by atoms with Crippen LogP contribution < -0.4 is 10.5 Å². The minimum Gasteiger partial charge on any atom is -0.330 e. The summed E-state index contributed by atoms with van der Waals surface area (Å²) in [6.45, 7) is 3.89. The summed E-state index contributed by atoms with van der Waals surface area (Å²) in [7, 11) is -3.34. The Hall–Kier alpha value is -0.960. The number of rotatable bonds is 6. The van der Waals surface area contributed by atoms with Gasteiger partial charge in [-0.2, -0.15) is 0 Å². The van der Waals surface area contributed by atoms with Crippen LogP contribution in [-0.4, -0.2) is 25.2 Å². The van der Waals surface area contributed by atoms with Crippen LogP contribution >= 0.6 is 22.7 Å². The number of hydrogen-bond acceptors (Lipinski definition) is 6. The van der Waals surface area contributed by atoms with Crippen molar-refractivity contribution in [1.29, 1.82) is 0 Å². The van der Waals surface area contributed by atoms with Gasteiger partial charge in [0.15, 0.2) is 5.13 Å². The lowest BCUT2D eigenvalue weighted by Crippen LogP contribution is -2.22. The Bertz CT molecular complexity index is 674. The molecule has 2 rings (SSSR count). The van der Waals surface area contributed by atoms with E-state index in [4.69, 9.17) is 5.73 Å². The van der Waals surface area contributed by atoms with Gasteiger partial charge in [-0.25, -0.2) is 13.4 Å². The Morgan fingerprint density at radius 3 is 2.80 bits per heavy atom. The van der Waals surface area contributed by atoms with E-state index >= 15 is 0 Å². The van der Waals surface area contributed by atoms with Gasteiger partial charge in [-0.05, 0) is 38.9 Å². The van der Waals surface area contributed by atoms with E-state index in [0.29, 0.717) is 11.7 Å². The quantitative estimate of drug-likeness (QED) is 0.852. The number of thiazole rings is 1. The number of hydrogen-bond donors (Lipinski definition) is 2. The van der Waals surface area contributed by atoms with Crippen molar-refractivity contribution in [2.45, 2.75) is 25.5 Å². The Kier molecular flexibility index (Phi) is 4.79. The molecule has 2 heterocycles. The SMILES string of the molecule is CC(C)S(=O)(=O)Nc1nc(-c2ccc(CCN)s2)cs1. The number of sulfonamides is 1. The zero-order valence-corrected chi connectivity index (χ0v) is 13.7. The lowest BCUT2D eigenvalue weighted by atomic mass is 10.3. The molecule has 2 aromatic heterocycles. The van der Waals surface area contributed by atoms with E-state index in [9.17, 15) is 8.42 Å². The van der Waals surface area contributed by atoms with Crippen LogP contribution in [0, 0.1) is 0 Å². The van der Waals surface area contributed by atoms with E-state index in [2.05, 4.69) is 9.71 Å². The molecule has 20 heavy (non-hydrogen) atoms. The Morgan fingerprint density at radius 1 is 1.40 bits per heavy atom. The molecule has 0 saturated carbocycles. The first kappa shape index (κ1) is 15.4. The molecule has 110 valence electrons. The Morgan fingerprint density at radius 2 is 2.15 bits per heavy atom. The number of nitrogens with zero attached hydrogens (tertiary/aromatic N) is 1. The van der Waals surface area contributed by atoms with Crippen LogP contribution in [0.5, 0.6) is 0 Å². The van der Waals surface area contributed by atoms with E-state index in [1.807, 2.05) is 17.5 Å². The predicted molar refractivity (Wildman–Crippen MR) is 85.9 cm³/mol. The lowest BCUT2D eigenvalue weighted by molar-refractivity contribution is 0.593. The maximum atomic E-state index is 11.8. The first-order valence-electron chi connectivity index (χ1n) is 6.18. The normalized spacial score (nSPS) is 12.0. The van der Waals surface area contributed by atoms with Crippen LogP contribution in [0.3, 0.4) is 0 Å². The highest BCUT2D eigenvalue weighted by atomic mass is 32.2. The minimum atomic E-state index is -3.34. The van der Waals surface area contributed by atoms with Crippen molar-refractivity contribution >= 4 is 37.8 Å². The number of thiophene rings is 1. The Labute approximate surface area is 126 Å². The molecule has 0 aliphatic carbocycles. The lowest BCUT2D eigenvalue weighted by Gasteiger charge is -2.07. The number of nitrogens with two attached hydrogens (primary N) is 1. The highest BCUT2D eigenvalue weighted by molar-refractivity contribution is 7.93. The molecule has 3 N–H and O–H groups in total. The van der Waals surface area contributed by atoms with Crippen LogP contribution in [0.1, 0.15) is 18.7 Å². The van der Waals surface area contributed by atoms with Crippen molar-refractivity contribution in [2.75, 3.05) is 11.3 Å². The molecule has 0 atom stereocenters. The third-order valence-electron chi connectivity index (χ3n) is 2.66. The van der Waals surface area contributed by atoms with Crippen molar-refractivity contribution in [3.8, 4) is 10.6 Å². The van der Waals surface area contributed by atoms with Gasteiger partial charge in [0, 0.05) is 10.3 Å². The predicted octanol–water partition coefficient (Wildman–Crippen LogP) is 2.52. The van der Waals surface area contributed by atoms with Gasteiger partial charge < -0.3 is 5.73 Å². The average Bonchev–Trinajstić information content (AvgIpc) is 2.98. The summed E-state index contributed by atoms with van der Waals surface area (Å²) in [6.07, 6.45) is 0.849. The van der Waals surface area contributed by atoms with Crippen LogP contribution in [0.25, 0.3) is 10.6 Å². The van der Waals surface area contributed by atoms with Gasteiger partial charge in [0.05, 0.1) is 15.8 Å². The van der Waals surface area contributed by atoms with Crippen LogP contribution in [0.4, 0.5) is 5.13 Å². The highest BCUT2D eigenvalue weighted by Crippen LogP contribution is 2.31. The molecule has 0 radical (unpaired) electrons. The van der Waals surface area contributed by atoms with Crippen molar-refractivity contribution in [3.63, 3.8) is 0 Å². The molecular formula is C12H17N3O2S3. The van der Waals surface area contributed by atoms with Gasteiger partial charge >= 0.3 is 0 Å². The van der Waals surface area contributed by atoms with Crippen molar-refractivity contribution in [3.05, 3.63) is 22.4 Å². The summed E-state index contributed by atoms with van der Waals surface area (Å²) in [4.78, 5) is 6.56. The molecule has 0 spiro atoms. The molecule has 0 saturated heterocycles. The molecule has 0 aliphatic heterocycles. The third-order valence-corrected chi connectivity index (χ3v) is 6.43. The summed E-state index contributed by atoms with van der Waals surface area (Å²) < 4.78 is 26.1. The monoisotopic (exact) mass is 331 g/mol. The van der Waals surface area contributed by atoms with Crippen LogP contribution in [0.15, 0.2) is 17.5 Å². The second-order valence-electron chi connectivity index (χ2n) is 4.54. The van der Waals surface area contributed by atoms with E-state index in [1.54, 1.807) is 25.2 Å². The molecule has 2 aromatic rings. The van der Waals surface area contributed by atoms with E-state index in [-0.39, 0.29) is 0 Å². The third kappa shape index (κ3) is 3.57. The molecule has 0 aliphatic rings. The molecule has 0 unspecified atom stereocenters. The summed E-state index contributed by atoms with van der Waals surface area (Å²) in [5, 5.41) is 1.78. The average molecular weight is 331 g/mol. The summed E-state index contributed by atoms with van der Waals surface area (Å²) >= 11 is 2.93. The van der Waals surface area contributed by atoms with E-state index in [1.165, 1.54) is 16.2 Å². The molecule has 0 bridgehead atoms. The standard InChI is InChI=1S/C12H17N3O2S3/c1-8(2)20(16,17)15-12-14-10(7-18-12)11-4-3-9(19-11)5-6-13/h3-4,7-8H,5-6,13H2,1-2H3,(H,14,15). The van der Waals surface area contributed by atoms with Gasteiger partial charge in [-0.1, -0.05) is 0 Å². The first-order chi connectivity index (χ1) is 9.42. The van der Waals surface area contributed by atoms with Crippen molar-refractivity contribution < 1.29 is 8.42 Å². The number of aromatic nitrogens is 1. The fourth-order valence-electron chi connectivity index (χ4n) is 1.47. The van der Waals surface area contributed by atoms with E-state index < -0.39 is 15.3 Å². The van der Waals surface area contributed by atoms with E-state index in [0.717, 1.165) is 17.0 Å². The van der Waals surface area contributed by atoms with Gasteiger partial charge in [0.25, 0.3) is 0 Å². The summed E-state index contributed by atoms with van der Waals surface area (Å²) in [6, 6.07) is 4.02. The van der Waals surface area contributed by atoms with Crippen LogP contribution in [0.2, 0.25) is 0 Å². The highest BCUT2D eigenvalue weighted by Gasteiger charge is 2.17. The Balaban J connectivity index is 2.16. The van der Waals surface area contributed by atoms with Gasteiger partial charge in [-0.15, -0.1) is 22.7 Å². The summed E-state index contributed by atoms with van der Waals surface area (Å²) in [5.41, 5.74) is 6.32. The molecular weight excluding hydrogens is 314 g/mol. The summed E-state index contributed by atoms with van der Waals surface area (Å²) in [5.74, 6) is 0. The fourth-order valence-corrected chi connectivity index (χ4v) is 4.14. The second kappa shape index (κ2) is 6.21. The minimum absolute atomic E-state index is 0.405. The van der Waals surface area contributed by atoms with Crippen LogP contribution in [-0.2, 0) is 16.4 Å². The largest absolute Gasteiger partial charge is 0.330 e. The first-order valence-corrected chi connectivity index (χ1v) is 9.43. The van der Waals surface area contributed by atoms with Crippen molar-refractivity contribution in [1.82, 2.24) is 4.98 Å². The topological polar surface area (TPSA) is 85.1 Å². The van der Waals surface area contributed by atoms with Gasteiger partial charge in [0.1, 0.15) is 0 Å². The zero-order chi connectivity index (χ0) is 14.8. The smallest absolute Gasteiger partial charge is 0.236 e. The second-order valence-corrected chi connectivity index (χ2v) is 8.80. The van der Waals surface area contributed by atoms with Gasteiger partial charge in [0.2, 0.25) is 10.0 Å². The molecule has 8 heteroatoms. The molecule has 0 aromatic carbocycles. The maximum absolute atomic E-state index is 11.8. The molecule has 0 amide bonds. The zero-order valence-electron chi connectivity index (χ0n) is 11.3. The number of nitrogens with one attached hydrogen (secondary N) is 1.